The van der Waals surface area contributed by atoms with Gasteiger partial charge in [0.2, 0.25) is 0 Å². The molecule has 0 saturated carbocycles. The van der Waals surface area contributed by atoms with Crippen molar-refractivity contribution in [2.75, 3.05) is 26.3 Å². The molecule has 1 heterocycles. The summed E-state index contributed by atoms with van der Waals surface area (Å²) in [6, 6.07) is 17.8. The van der Waals surface area contributed by atoms with Crippen LogP contribution in [0.1, 0.15) is 12.0 Å². The molecule has 1 aliphatic heterocycles. The van der Waals surface area contributed by atoms with Gasteiger partial charge in [-0.2, -0.15) is 0 Å². The average Bonchev–Trinajstić information content (AvgIpc) is 3.10. The van der Waals surface area contributed by atoms with Crippen LogP contribution < -0.4 is 14.8 Å². The van der Waals surface area contributed by atoms with Crippen LogP contribution in [0.15, 0.2) is 59.6 Å². The standard InChI is InChI=1S/C18H20N2O2/c1-2-7-15(8-3-1)21-13-6-14-22-17-10-5-4-9-16(17)18-19-11-12-20-18/h1-5,7-10H,6,11-14H2,(H,19,20). The minimum atomic E-state index is 0.622. The molecule has 2 aromatic carbocycles. The third-order valence-corrected chi connectivity index (χ3v) is 3.37. The molecule has 0 amide bonds. The maximum atomic E-state index is 5.89. The zero-order valence-corrected chi connectivity index (χ0v) is 12.5. The lowest BCUT2D eigenvalue weighted by Gasteiger charge is -2.12. The third kappa shape index (κ3) is 3.79. The Morgan fingerprint density at radius 2 is 1.68 bits per heavy atom. The van der Waals surface area contributed by atoms with Crippen molar-refractivity contribution in [2.24, 2.45) is 4.99 Å². The average molecular weight is 296 g/mol. The van der Waals surface area contributed by atoms with Crippen LogP contribution in [0.3, 0.4) is 0 Å². The number of ether oxygens (including phenoxy) is 2. The molecular weight excluding hydrogens is 276 g/mol. The van der Waals surface area contributed by atoms with E-state index in [1.807, 2.05) is 54.6 Å². The first kappa shape index (κ1) is 14.4. The Balaban J connectivity index is 1.48. The first-order valence-electron chi connectivity index (χ1n) is 7.62. The predicted octanol–water partition coefficient (Wildman–Crippen LogP) is 2.88. The van der Waals surface area contributed by atoms with Gasteiger partial charge in [-0.1, -0.05) is 30.3 Å². The first-order valence-corrected chi connectivity index (χ1v) is 7.62. The van der Waals surface area contributed by atoms with E-state index in [2.05, 4.69) is 10.3 Å². The molecule has 1 N–H and O–H groups in total. The number of nitrogens with zero attached hydrogens (tertiary/aromatic N) is 1. The Hall–Kier alpha value is -2.49. The molecule has 4 nitrogen and oxygen atoms in total. The molecule has 0 spiro atoms. The minimum absolute atomic E-state index is 0.622. The summed E-state index contributed by atoms with van der Waals surface area (Å²) in [5, 5.41) is 3.28. The zero-order valence-electron chi connectivity index (χ0n) is 12.5. The summed E-state index contributed by atoms with van der Waals surface area (Å²) >= 11 is 0. The molecule has 0 fully saturated rings. The lowest BCUT2D eigenvalue weighted by Crippen LogP contribution is -2.20. The van der Waals surface area contributed by atoms with Crippen LogP contribution in [0, 0.1) is 0 Å². The molecule has 22 heavy (non-hydrogen) atoms. The Kier molecular flexibility index (Phi) is 4.92. The van der Waals surface area contributed by atoms with Crippen molar-refractivity contribution in [1.82, 2.24) is 5.32 Å². The smallest absolute Gasteiger partial charge is 0.132 e. The minimum Gasteiger partial charge on any atom is -0.493 e. The molecule has 0 saturated heterocycles. The highest BCUT2D eigenvalue weighted by Crippen LogP contribution is 2.19. The number of para-hydroxylation sites is 2. The van der Waals surface area contributed by atoms with Gasteiger partial charge in [0.1, 0.15) is 17.3 Å². The van der Waals surface area contributed by atoms with E-state index < -0.39 is 0 Å². The second-order valence-corrected chi connectivity index (χ2v) is 5.02. The van der Waals surface area contributed by atoms with Crippen LogP contribution >= 0.6 is 0 Å². The molecule has 3 rings (SSSR count). The second kappa shape index (κ2) is 7.50. The number of hydrogen-bond acceptors (Lipinski definition) is 4. The van der Waals surface area contributed by atoms with Gasteiger partial charge >= 0.3 is 0 Å². The maximum absolute atomic E-state index is 5.89. The van der Waals surface area contributed by atoms with Crippen LogP contribution in [0.4, 0.5) is 0 Å². The second-order valence-electron chi connectivity index (χ2n) is 5.02. The summed E-state index contributed by atoms with van der Waals surface area (Å²) in [5.41, 5.74) is 1.03. The fourth-order valence-corrected chi connectivity index (χ4v) is 2.31. The summed E-state index contributed by atoms with van der Waals surface area (Å²) in [7, 11) is 0. The lowest BCUT2D eigenvalue weighted by atomic mass is 10.2. The van der Waals surface area contributed by atoms with Gasteiger partial charge in [0.15, 0.2) is 0 Å². The molecule has 0 atom stereocenters. The molecule has 2 aromatic rings. The maximum Gasteiger partial charge on any atom is 0.132 e. The Morgan fingerprint density at radius 1 is 0.909 bits per heavy atom. The monoisotopic (exact) mass is 296 g/mol. The van der Waals surface area contributed by atoms with Crippen molar-refractivity contribution >= 4 is 5.84 Å². The van der Waals surface area contributed by atoms with Gasteiger partial charge in [0, 0.05) is 13.0 Å². The van der Waals surface area contributed by atoms with Crippen molar-refractivity contribution in [3.63, 3.8) is 0 Å². The van der Waals surface area contributed by atoms with Crippen LogP contribution in [0.2, 0.25) is 0 Å². The molecule has 0 unspecified atom stereocenters. The SMILES string of the molecule is c1ccc(OCCCOc2ccccc2C2=NCCN2)cc1. The van der Waals surface area contributed by atoms with Crippen molar-refractivity contribution in [3.8, 4) is 11.5 Å². The summed E-state index contributed by atoms with van der Waals surface area (Å²) < 4.78 is 11.5. The van der Waals surface area contributed by atoms with Gasteiger partial charge in [0.05, 0.1) is 25.3 Å². The summed E-state index contributed by atoms with van der Waals surface area (Å²) in [6.07, 6.45) is 0.836. The van der Waals surface area contributed by atoms with Crippen molar-refractivity contribution in [1.29, 1.82) is 0 Å². The van der Waals surface area contributed by atoms with E-state index in [-0.39, 0.29) is 0 Å². The van der Waals surface area contributed by atoms with Gasteiger partial charge in [-0.25, -0.2) is 0 Å². The Bertz CT molecular complexity index is 626. The molecular formula is C18H20N2O2. The van der Waals surface area contributed by atoms with Gasteiger partial charge in [-0.15, -0.1) is 0 Å². The number of benzene rings is 2. The van der Waals surface area contributed by atoms with E-state index in [4.69, 9.17) is 9.47 Å². The van der Waals surface area contributed by atoms with E-state index in [1.54, 1.807) is 0 Å². The number of nitrogens with one attached hydrogen (secondary N) is 1. The van der Waals surface area contributed by atoms with Gasteiger partial charge in [-0.3, -0.25) is 4.99 Å². The highest BCUT2D eigenvalue weighted by atomic mass is 16.5. The molecule has 0 bridgehead atoms. The Labute approximate surface area is 130 Å². The van der Waals surface area contributed by atoms with Crippen LogP contribution in [0.5, 0.6) is 11.5 Å². The molecule has 0 aliphatic carbocycles. The molecule has 114 valence electrons. The Morgan fingerprint density at radius 3 is 2.50 bits per heavy atom. The number of aliphatic imine (C=N–C) groups is 1. The van der Waals surface area contributed by atoms with Crippen LogP contribution in [0.25, 0.3) is 0 Å². The fourth-order valence-electron chi connectivity index (χ4n) is 2.31. The lowest BCUT2D eigenvalue weighted by molar-refractivity contribution is 0.247. The van der Waals surface area contributed by atoms with Crippen LogP contribution in [-0.4, -0.2) is 32.1 Å². The fraction of sp³-hybridized carbons (Fsp3) is 0.278. The molecule has 0 radical (unpaired) electrons. The number of rotatable bonds is 7. The van der Waals surface area contributed by atoms with Crippen molar-refractivity contribution in [2.45, 2.75) is 6.42 Å². The summed E-state index contributed by atoms with van der Waals surface area (Å²) in [4.78, 5) is 4.45. The molecule has 4 heteroatoms. The molecule has 0 aromatic heterocycles. The van der Waals surface area contributed by atoms with Crippen molar-refractivity contribution in [3.05, 3.63) is 60.2 Å². The van der Waals surface area contributed by atoms with Crippen molar-refractivity contribution < 1.29 is 9.47 Å². The quantitative estimate of drug-likeness (QED) is 0.799. The van der Waals surface area contributed by atoms with E-state index in [1.165, 1.54) is 0 Å². The van der Waals surface area contributed by atoms with E-state index >= 15 is 0 Å². The number of amidine groups is 1. The van der Waals surface area contributed by atoms with Gasteiger partial charge in [0.25, 0.3) is 0 Å². The highest BCUT2D eigenvalue weighted by Gasteiger charge is 2.12. The van der Waals surface area contributed by atoms with Gasteiger partial charge in [-0.05, 0) is 24.3 Å². The normalized spacial score (nSPS) is 13.4. The summed E-state index contributed by atoms with van der Waals surface area (Å²) in [6.45, 7) is 2.99. The predicted molar refractivity (Wildman–Crippen MR) is 87.9 cm³/mol. The van der Waals surface area contributed by atoms with E-state index in [9.17, 15) is 0 Å². The van der Waals surface area contributed by atoms with E-state index in [0.717, 1.165) is 42.4 Å². The number of hydrogen-bond donors (Lipinski definition) is 1. The first-order chi connectivity index (χ1) is 10.9. The summed E-state index contributed by atoms with van der Waals surface area (Å²) in [5.74, 6) is 2.69. The third-order valence-electron chi connectivity index (χ3n) is 3.37. The van der Waals surface area contributed by atoms with Crippen LogP contribution in [-0.2, 0) is 0 Å². The highest BCUT2D eigenvalue weighted by molar-refractivity contribution is 6.02. The largest absolute Gasteiger partial charge is 0.493 e. The van der Waals surface area contributed by atoms with E-state index in [0.29, 0.717) is 13.2 Å². The topological polar surface area (TPSA) is 42.9 Å². The van der Waals surface area contributed by atoms with Gasteiger partial charge < -0.3 is 14.8 Å². The zero-order chi connectivity index (χ0) is 15.0. The molecule has 1 aliphatic rings.